The first-order valence-corrected chi connectivity index (χ1v) is 9.22. The Labute approximate surface area is 156 Å². The monoisotopic (exact) mass is 358 g/mol. The molecule has 2 aromatic rings. The van der Waals surface area contributed by atoms with Gasteiger partial charge in [0, 0.05) is 12.0 Å². The number of hydrogen-bond donors (Lipinski definition) is 1. The molecule has 0 atom stereocenters. The molecule has 26 heavy (non-hydrogen) atoms. The van der Waals surface area contributed by atoms with Gasteiger partial charge in [0.1, 0.15) is 18.1 Å². The van der Waals surface area contributed by atoms with Crippen molar-refractivity contribution < 1.29 is 19.3 Å². The van der Waals surface area contributed by atoms with Gasteiger partial charge in [0.15, 0.2) is 0 Å². The van der Waals surface area contributed by atoms with Crippen LogP contribution in [0.5, 0.6) is 11.5 Å². The summed E-state index contributed by atoms with van der Waals surface area (Å²) in [7, 11) is 0. The Kier molecular flexibility index (Phi) is 7.95. The standard InChI is InChI=1S/C22H30O4/c1-4-13-24-14-15-25-16-17-26-21-11-7-19(8-12-21)22(2,3)18-5-9-20(23)10-6-18/h5-12,23H,4,13-17H2,1-3H3. The van der Waals surface area contributed by atoms with E-state index in [1.165, 1.54) is 5.56 Å². The SMILES string of the molecule is CCCOCCOCCOc1ccc(C(C)(C)c2ccc(O)cc2)cc1. The van der Waals surface area contributed by atoms with E-state index >= 15 is 0 Å². The minimum atomic E-state index is -0.145. The third-order valence-corrected chi connectivity index (χ3v) is 4.38. The highest BCUT2D eigenvalue weighted by Crippen LogP contribution is 2.33. The van der Waals surface area contributed by atoms with Gasteiger partial charge in [-0.15, -0.1) is 0 Å². The summed E-state index contributed by atoms with van der Waals surface area (Å²) in [5.74, 6) is 1.12. The molecule has 0 aromatic heterocycles. The van der Waals surface area contributed by atoms with Gasteiger partial charge in [0.2, 0.25) is 0 Å². The molecule has 0 saturated carbocycles. The Balaban J connectivity index is 1.79. The smallest absolute Gasteiger partial charge is 0.119 e. The summed E-state index contributed by atoms with van der Waals surface area (Å²) in [6.07, 6.45) is 1.03. The van der Waals surface area contributed by atoms with Crippen LogP contribution in [0.3, 0.4) is 0 Å². The summed E-state index contributed by atoms with van der Waals surface area (Å²) in [6.45, 7) is 9.52. The van der Waals surface area contributed by atoms with Crippen LogP contribution in [-0.2, 0) is 14.9 Å². The van der Waals surface area contributed by atoms with Crippen LogP contribution in [-0.4, -0.2) is 38.1 Å². The van der Waals surface area contributed by atoms with Gasteiger partial charge in [0.05, 0.1) is 19.8 Å². The molecule has 0 spiro atoms. The van der Waals surface area contributed by atoms with Crippen molar-refractivity contribution in [2.75, 3.05) is 33.0 Å². The van der Waals surface area contributed by atoms with Crippen molar-refractivity contribution in [3.63, 3.8) is 0 Å². The molecule has 0 unspecified atom stereocenters. The zero-order valence-electron chi connectivity index (χ0n) is 16.0. The first-order valence-electron chi connectivity index (χ1n) is 9.22. The third kappa shape index (κ3) is 6.04. The van der Waals surface area contributed by atoms with Crippen molar-refractivity contribution in [3.05, 3.63) is 59.7 Å². The van der Waals surface area contributed by atoms with E-state index < -0.39 is 0 Å². The Hall–Kier alpha value is -2.04. The topological polar surface area (TPSA) is 47.9 Å². The van der Waals surface area contributed by atoms with Crippen LogP contribution in [0.15, 0.2) is 48.5 Å². The quantitative estimate of drug-likeness (QED) is 0.599. The molecule has 1 N–H and O–H groups in total. The molecule has 0 saturated heterocycles. The van der Waals surface area contributed by atoms with Gasteiger partial charge < -0.3 is 19.3 Å². The molecule has 0 amide bonds. The predicted octanol–water partition coefficient (Wildman–Crippen LogP) is 4.54. The summed E-state index contributed by atoms with van der Waals surface area (Å²) in [5, 5.41) is 9.47. The van der Waals surface area contributed by atoms with Crippen molar-refractivity contribution in [2.45, 2.75) is 32.6 Å². The van der Waals surface area contributed by atoms with Gasteiger partial charge in [-0.3, -0.25) is 0 Å². The first kappa shape index (κ1) is 20.3. The van der Waals surface area contributed by atoms with Gasteiger partial charge in [-0.1, -0.05) is 45.0 Å². The van der Waals surface area contributed by atoms with E-state index in [0.717, 1.165) is 24.3 Å². The lowest BCUT2D eigenvalue weighted by Crippen LogP contribution is -2.18. The second kappa shape index (κ2) is 10.2. The van der Waals surface area contributed by atoms with Crippen LogP contribution < -0.4 is 4.74 Å². The minimum absolute atomic E-state index is 0.145. The number of phenolic OH excluding ortho intramolecular Hbond substituents is 1. The van der Waals surface area contributed by atoms with E-state index in [-0.39, 0.29) is 11.2 Å². The average Bonchev–Trinajstić information content (AvgIpc) is 2.65. The first-order chi connectivity index (χ1) is 12.5. The van der Waals surface area contributed by atoms with Crippen LogP contribution in [0.2, 0.25) is 0 Å². The fraction of sp³-hybridized carbons (Fsp3) is 0.455. The maximum absolute atomic E-state index is 9.47. The Morgan fingerprint density at radius 3 is 1.81 bits per heavy atom. The van der Waals surface area contributed by atoms with Crippen LogP contribution >= 0.6 is 0 Å². The fourth-order valence-electron chi connectivity index (χ4n) is 2.70. The molecule has 142 valence electrons. The predicted molar refractivity (Wildman–Crippen MR) is 104 cm³/mol. The number of hydrogen-bond acceptors (Lipinski definition) is 4. The van der Waals surface area contributed by atoms with Crippen molar-refractivity contribution in [1.29, 1.82) is 0 Å². The lowest BCUT2D eigenvalue weighted by atomic mass is 9.78. The normalized spacial score (nSPS) is 11.5. The molecule has 0 heterocycles. The number of rotatable bonds is 11. The Morgan fingerprint density at radius 1 is 0.731 bits per heavy atom. The molecule has 2 aromatic carbocycles. The number of benzene rings is 2. The highest BCUT2D eigenvalue weighted by Gasteiger charge is 2.22. The van der Waals surface area contributed by atoms with Crippen molar-refractivity contribution in [2.24, 2.45) is 0 Å². The lowest BCUT2D eigenvalue weighted by Gasteiger charge is -2.26. The summed E-state index contributed by atoms with van der Waals surface area (Å²) in [6, 6.07) is 15.5. The second-order valence-electron chi connectivity index (χ2n) is 6.77. The van der Waals surface area contributed by atoms with Crippen molar-refractivity contribution in [1.82, 2.24) is 0 Å². The molecular weight excluding hydrogens is 328 g/mol. The summed E-state index contributed by atoms with van der Waals surface area (Å²) in [4.78, 5) is 0. The summed E-state index contributed by atoms with van der Waals surface area (Å²) in [5.41, 5.74) is 2.20. The average molecular weight is 358 g/mol. The maximum Gasteiger partial charge on any atom is 0.119 e. The molecule has 4 nitrogen and oxygen atoms in total. The lowest BCUT2D eigenvalue weighted by molar-refractivity contribution is 0.0366. The maximum atomic E-state index is 9.47. The Morgan fingerprint density at radius 2 is 1.23 bits per heavy atom. The van der Waals surface area contributed by atoms with E-state index in [1.54, 1.807) is 12.1 Å². The third-order valence-electron chi connectivity index (χ3n) is 4.38. The zero-order chi connectivity index (χ0) is 18.8. The molecule has 4 heteroatoms. The molecule has 0 radical (unpaired) electrons. The number of aromatic hydroxyl groups is 1. The van der Waals surface area contributed by atoms with Gasteiger partial charge in [-0.05, 0) is 41.8 Å². The van der Waals surface area contributed by atoms with E-state index in [9.17, 15) is 5.11 Å². The van der Waals surface area contributed by atoms with Gasteiger partial charge >= 0.3 is 0 Å². The van der Waals surface area contributed by atoms with Gasteiger partial charge in [0.25, 0.3) is 0 Å². The van der Waals surface area contributed by atoms with Crippen LogP contribution in [0, 0.1) is 0 Å². The molecule has 2 rings (SSSR count). The van der Waals surface area contributed by atoms with Crippen molar-refractivity contribution >= 4 is 0 Å². The van der Waals surface area contributed by atoms with E-state index in [2.05, 4.69) is 32.9 Å². The molecular formula is C22H30O4. The highest BCUT2D eigenvalue weighted by atomic mass is 16.5. The minimum Gasteiger partial charge on any atom is -0.508 e. The summed E-state index contributed by atoms with van der Waals surface area (Å²) >= 11 is 0. The van der Waals surface area contributed by atoms with E-state index in [0.29, 0.717) is 26.4 Å². The molecule has 0 fully saturated rings. The van der Waals surface area contributed by atoms with Crippen LogP contribution in [0.1, 0.15) is 38.3 Å². The Bertz CT molecular complexity index is 632. The van der Waals surface area contributed by atoms with Gasteiger partial charge in [-0.2, -0.15) is 0 Å². The molecule has 0 aliphatic carbocycles. The van der Waals surface area contributed by atoms with Crippen LogP contribution in [0.25, 0.3) is 0 Å². The molecule has 0 aliphatic heterocycles. The summed E-state index contributed by atoms with van der Waals surface area (Å²) < 4.78 is 16.6. The molecule has 0 bridgehead atoms. The number of phenols is 1. The molecule has 0 aliphatic rings. The van der Waals surface area contributed by atoms with Crippen LogP contribution in [0.4, 0.5) is 0 Å². The van der Waals surface area contributed by atoms with E-state index in [4.69, 9.17) is 14.2 Å². The highest BCUT2D eigenvalue weighted by molar-refractivity contribution is 5.41. The van der Waals surface area contributed by atoms with Gasteiger partial charge in [-0.25, -0.2) is 0 Å². The largest absolute Gasteiger partial charge is 0.508 e. The fourth-order valence-corrected chi connectivity index (χ4v) is 2.70. The van der Waals surface area contributed by atoms with Crippen molar-refractivity contribution in [3.8, 4) is 11.5 Å². The van der Waals surface area contributed by atoms with E-state index in [1.807, 2.05) is 24.3 Å². The zero-order valence-corrected chi connectivity index (χ0v) is 16.0. The second-order valence-corrected chi connectivity index (χ2v) is 6.77. The number of ether oxygens (including phenoxy) is 3.